The van der Waals surface area contributed by atoms with Crippen LogP contribution in [0.15, 0.2) is 0 Å². The molecular weight excluding hydrogens is 274 g/mol. The normalized spacial score (nSPS) is 32.9. The molecule has 1 saturated heterocycles. The van der Waals surface area contributed by atoms with Crippen molar-refractivity contribution in [3.8, 4) is 0 Å². The summed E-state index contributed by atoms with van der Waals surface area (Å²) in [6, 6.07) is 0. The molecule has 2 aliphatic rings. The van der Waals surface area contributed by atoms with E-state index in [0.29, 0.717) is 32.1 Å². The molecule has 0 aromatic rings. The van der Waals surface area contributed by atoms with Gasteiger partial charge in [-0.1, -0.05) is 13.8 Å². The molecule has 0 amide bonds. The van der Waals surface area contributed by atoms with E-state index >= 15 is 0 Å². The molecule has 20 heavy (non-hydrogen) atoms. The van der Waals surface area contributed by atoms with Crippen LogP contribution in [0, 0.1) is 5.92 Å². The van der Waals surface area contributed by atoms with Crippen molar-refractivity contribution in [3.63, 3.8) is 0 Å². The van der Waals surface area contributed by atoms with E-state index in [0.717, 1.165) is 38.5 Å². The van der Waals surface area contributed by atoms with Crippen molar-refractivity contribution in [2.45, 2.75) is 57.9 Å². The summed E-state index contributed by atoms with van der Waals surface area (Å²) >= 11 is 0. The van der Waals surface area contributed by atoms with Crippen molar-refractivity contribution in [2.24, 2.45) is 11.7 Å². The van der Waals surface area contributed by atoms with E-state index in [1.165, 1.54) is 0 Å². The highest BCUT2D eigenvalue weighted by Crippen LogP contribution is 2.38. The summed E-state index contributed by atoms with van der Waals surface area (Å²) in [4.78, 5) is 0. The van der Waals surface area contributed by atoms with E-state index in [2.05, 4.69) is 6.92 Å². The largest absolute Gasteiger partial charge is 0.329 e. The van der Waals surface area contributed by atoms with Gasteiger partial charge in [-0.25, -0.2) is 0 Å². The fourth-order valence-corrected chi connectivity index (χ4v) is 5.73. The second-order valence-electron chi connectivity index (χ2n) is 6.39. The van der Waals surface area contributed by atoms with Crippen LogP contribution in [0.2, 0.25) is 0 Å². The Morgan fingerprint density at radius 3 is 2.25 bits per heavy atom. The summed E-state index contributed by atoms with van der Waals surface area (Å²) in [5.74, 6) is 0.683. The third kappa shape index (κ3) is 2.89. The first-order chi connectivity index (χ1) is 9.46. The maximum atomic E-state index is 12.9. The standard InChI is InChI=1S/C14H29N3O2S/c1-3-17(20(18,19)16-10-4-5-11-16)14(12-15)8-6-13(2)7-9-14/h13H,3-12,15H2,1-2H3. The molecule has 0 bridgehead atoms. The summed E-state index contributed by atoms with van der Waals surface area (Å²) in [6.45, 7) is 6.45. The van der Waals surface area contributed by atoms with Crippen molar-refractivity contribution in [1.82, 2.24) is 8.61 Å². The van der Waals surface area contributed by atoms with Crippen molar-refractivity contribution in [1.29, 1.82) is 0 Å². The Morgan fingerprint density at radius 2 is 1.80 bits per heavy atom. The minimum Gasteiger partial charge on any atom is -0.329 e. The van der Waals surface area contributed by atoms with Crippen LogP contribution in [-0.2, 0) is 10.2 Å². The van der Waals surface area contributed by atoms with Crippen LogP contribution in [-0.4, -0.2) is 48.7 Å². The Morgan fingerprint density at radius 1 is 1.25 bits per heavy atom. The number of rotatable bonds is 5. The molecule has 1 aliphatic carbocycles. The van der Waals surface area contributed by atoms with Gasteiger partial charge in [-0.15, -0.1) is 0 Å². The fourth-order valence-electron chi connectivity index (χ4n) is 3.66. The molecule has 6 heteroatoms. The van der Waals surface area contributed by atoms with E-state index in [9.17, 15) is 8.42 Å². The van der Waals surface area contributed by atoms with Gasteiger partial charge in [0.25, 0.3) is 10.2 Å². The third-order valence-electron chi connectivity index (χ3n) is 5.07. The van der Waals surface area contributed by atoms with Crippen LogP contribution in [0.1, 0.15) is 52.4 Å². The van der Waals surface area contributed by atoms with E-state index < -0.39 is 10.2 Å². The minimum absolute atomic E-state index is 0.358. The van der Waals surface area contributed by atoms with Gasteiger partial charge in [0.2, 0.25) is 0 Å². The van der Waals surface area contributed by atoms with Gasteiger partial charge in [-0.05, 0) is 44.4 Å². The average Bonchev–Trinajstić information content (AvgIpc) is 2.96. The zero-order valence-corrected chi connectivity index (χ0v) is 13.7. The quantitative estimate of drug-likeness (QED) is 0.838. The molecule has 1 saturated carbocycles. The fraction of sp³-hybridized carbons (Fsp3) is 1.00. The molecule has 0 radical (unpaired) electrons. The van der Waals surface area contributed by atoms with Crippen molar-refractivity contribution < 1.29 is 8.42 Å². The molecular formula is C14H29N3O2S. The molecule has 2 N–H and O–H groups in total. The Hall–Kier alpha value is -0.170. The highest BCUT2D eigenvalue weighted by atomic mass is 32.2. The van der Waals surface area contributed by atoms with Crippen LogP contribution in [0.25, 0.3) is 0 Å². The van der Waals surface area contributed by atoms with Gasteiger partial charge >= 0.3 is 0 Å². The predicted molar refractivity (Wildman–Crippen MR) is 81.5 cm³/mol. The molecule has 0 spiro atoms. The molecule has 0 atom stereocenters. The van der Waals surface area contributed by atoms with Gasteiger partial charge in [0.05, 0.1) is 0 Å². The first-order valence-corrected chi connectivity index (χ1v) is 9.34. The molecule has 0 unspecified atom stereocenters. The van der Waals surface area contributed by atoms with Crippen LogP contribution in [0.5, 0.6) is 0 Å². The lowest BCUT2D eigenvalue weighted by molar-refractivity contribution is 0.114. The monoisotopic (exact) mass is 303 g/mol. The van der Waals surface area contributed by atoms with Crippen molar-refractivity contribution in [2.75, 3.05) is 26.2 Å². The summed E-state index contributed by atoms with van der Waals surface area (Å²) in [5, 5.41) is 0. The van der Waals surface area contributed by atoms with Crippen LogP contribution < -0.4 is 5.73 Å². The molecule has 118 valence electrons. The van der Waals surface area contributed by atoms with Gasteiger partial charge in [0.15, 0.2) is 0 Å². The molecule has 2 fully saturated rings. The summed E-state index contributed by atoms with van der Waals surface area (Å²) in [6.07, 6.45) is 5.89. The Balaban J connectivity index is 2.25. The lowest BCUT2D eigenvalue weighted by atomic mass is 9.77. The van der Waals surface area contributed by atoms with E-state index in [-0.39, 0.29) is 5.54 Å². The van der Waals surface area contributed by atoms with Crippen LogP contribution in [0.3, 0.4) is 0 Å². The molecule has 0 aromatic carbocycles. The number of nitrogens with zero attached hydrogens (tertiary/aromatic N) is 2. The van der Waals surface area contributed by atoms with E-state index in [4.69, 9.17) is 5.73 Å². The number of likely N-dealkylation sites (N-methyl/N-ethyl adjacent to an activating group) is 1. The Kier molecular flexibility index (Phi) is 5.10. The van der Waals surface area contributed by atoms with Gasteiger partial charge in [0.1, 0.15) is 0 Å². The highest BCUT2D eigenvalue weighted by Gasteiger charge is 2.45. The number of nitrogens with two attached hydrogens (primary N) is 1. The minimum atomic E-state index is -3.35. The maximum absolute atomic E-state index is 12.9. The third-order valence-corrected chi connectivity index (χ3v) is 7.29. The van der Waals surface area contributed by atoms with Gasteiger partial charge < -0.3 is 5.73 Å². The van der Waals surface area contributed by atoms with Crippen molar-refractivity contribution >= 4 is 10.2 Å². The summed E-state index contributed by atoms with van der Waals surface area (Å²) in [7, 11) is -3.35. The molecule has 1 aliphatic heterocycles. The van der Waals surface area contributed by atoms with Crippen molar-refractivity contribution in [3.05, 3.63) is 0 Å². The zero-order chi connectivity index (χ0) is 14.8. The number of hydrogen-bond acceptors (Lipinski definition) is 3. The molecule has 2 rings (SSSR count). The smallest absolute Gasteiger partial charge is 0.282 e. The molecule has 5 nitrogen and oxygen atoms in total. The Bertz CT molecular complexity index is 410. The second kappa shape index (κ2) is 6.30. The first kappa shape index (κ1) is 16.2. The number of hydrogen-bond donors (Lipinski definition) is 1. The first-order valence-electron chi connectivity index (χ1n) is 7.94. The maximum Gasteiger partial charge on any atom is 0.282 e. The van der Waals surface area contributed by atoms with Gasteiger partial charge in [-0.3, -0.25) is 0 Å². The average molecular weight is 303 g/mol. The van der Waals surface area contributed by atoms with Gasteiger partial charge in [0, 0.05) is 31.7 Å². The van der Waals surface area contributed by atoms with Crippen LogP contribution in [0.4, 0.5) is 0 Å². The molecule has 0 aromatic heterocycles. The Labute approximate surface area is 123 Å². The predicted octanol–water partition coefficient (Wildman–Crippen LogP) is 1.56. The highest BCUT2D eigenvalue weighted by molar-refractivity contribution is 7.86. The lowest BCUT2D eigenvalue weighted by Gasteiger charge is -2.46. The SMILES string of the molecule is CCN(C1(CN)CCC(C)CC1)S(=O)(=O)N1CCCC1. The molecule has 1 heterocycles. The van der Waals surface area contributed by atoms with Gasteiger partial charge in [-0.2, -0.15) is 17.0 Å². The lowest BCUT2D eigenvalue weighted by Crippen LogP contribution is -2.60. The zero-order valence-electron chi connectivity index (χ0n) is 12.8. The second-order valence-corrected chi connectivity index (χ2v) is 8.24. The topological polar surface area (TPSA) is 66.6 Å². The van der Waals surface area contributed by atoms with Crippen LogP contribution >= 0.6 is 0 Å². The van der Waals surface area contributed by atoms with E-state index in [1.54, 1.807) is 8.61 Å². The summed E-state index contributed by atoms with van der Waals surface area (Å²) in [5.41, 5.74) is 5.67. The van der Waals surface area contributed by atoms with E-state index in [1.807, 2.05) is 6.92 Å². The summed E-state index contributed by atoms with van der Waals surface area (Å²) < 4.78 is 29.2.